The summed E-state index contributed by atoms with van der Waals surface area (Å²) in [6.45, 7) is 1.93. The number of amides is 1. The van der Waals surface area contributed by atoms with Crippen LogP contribution in [-0.2, 0) is 11.2 Å². The molecule has 0 bridgehead atoms. The molecule has 4 heteroatoms. The van der Waals surface area contributed by atoms with Crippen molar-refractivity contribution in [3.63, 3.8) is 0 Å². The number of hydrogen-bond acceptors (Lipinski definition) is 2. The Morgan fingerprint density at radius 3 is 2.80 bits per heavy atom. The van der Waals surface area contributed by atoms with Crippen LogP contribution in [0.15, 0.2) is 42.5 Å². The van der Waals surface area contributed by atoms with E-state index in [1.165, 1.54) is 5.56 Å². The Balaban J connectivity index is 1.76. The van der Waals surface area contributed by atoms with E-state index in [1.54, 1.807) is 6.07 Å². The Kier molecular flexibility index (Phi) is 3.36. The van der Waals surface area contributed by atoms with Gasteiger partial charge in [-0.15, -0.1) is 0 Å². The third-order valence-corrected chi connectivity index (χ3v) is 3.87. The Hall–Kier alpha value is -2.00. The topological polar surface area (TPSA) is 41.1 Å². The van der Waals surface area contributed by atoms with Gasteiger partial charge in [0, 0.05) is 12.1 Å². The second-order valence-electron chi connectivity index (χ2n) is 4.98. The van der Waals surface area contributed by atoms with Gasteiger partial charge in [-0.2, -0.15) is 0 Å². The van der Waals surface area contributed by atoms with Gasteiger partial charge in [-0.3, -0.25) is 4.79 Å². The van der Waals surface area contributed by atoms with Crippen molar-refractivity contribution in [3.05, 3.63) is 58.6 Å². The minimum Gasteiger partial charge on any atom is -0.373 e. The van der Waals surface area contributed by atoms with Gasteiger partial charge in [-0.1, -0.05) is 41.9 Å². The fourth-order valence-corrected chi connectivity index (χ4v) is 2.73. The molecule has 1 aliphatic heterocycles. The van der Waals surface area contributed by atoms with Crippen molar-refractivity contribution in [2.45, 2.75) is 19.4 Å². The lowest BCUT2D eigenvalue weighted by molar-refractivity contribution is -0.116. The molecule has 20 heavy (non-hydrogen) atoms. The van der Waals surface area contributed by atoms with E-state index >= 15 is 0 Å². The number of rotatable bonds is 2. The fourth-order valence-electron chi connectivity index (χ4n) is 2.46. The summed E-state index contributed by atoms with van der Waals surface area (Å²) in [6.07, 6.45) is 0.700. The van der Waals surface area contributed by atoms with E-state index in [2.05, 4.69) is 10.6 Å². The molecule has 1 aliphatic rings. The zero-order chi connectivity index (χ0) is 14.1. The highest BCUT2D eigenvalue weighted by Crippen LogP contribution is 2.28. The number of para-hydroxylation sites is 2. The smallest absolute Gasteiger partial charge is 0.247 e. The summed E-state index contributed by atoms with van der Waals surface area (Å²) in [4.78, 5) is 12.4. The highest BCUT2D eigenvalue weighted by Gasteiger charge is 2.26. The first-order valence-electron chi connectivity index (χ1n) is 6.55. The summed E-state index contributed by atoms with van der Waals surface area (Å²) in [7, 11) is 0. The van der Waals surface area contributed by atoms with E-state index in [0.717, 1.165) is 11.3 Å². The number of nitrogens with one attached hydrogen (secondary N) is 2. The number of halogens is 1. The predicted molar refractivity (Wildman–Crippen MR) is 82.4 cm³/mol. The van der Waals surface area contributed by atoms with Crippen molar-refractivity contribution in [1.29, 1.82) is 0 Å². The standard InChI is InChI=1S/C16H15ClN2O/c1-10-5-4-7-12(17)15(10)19-16(20)14-9-11-6-2-3-8-13(11)18-14/h2-8,14,18H,9H2,1H3,(H,19,20)/t14-/m0/s1. The van der Waals surface area contributed by atoms with Gasteiger partial charge in [0.15, 0.2) is 0 Å². The molecule has 1 atom stereocenters. The average Bonchev–Trinajstić information content (AvgIpc) is 2.87. The third-order valence-electron chi connectivity index (χ3n) is 3.56. The monoisotopic (exact) mass is 286 g/mol. The van der Waals surface area contributed by atoms with Crippen LogP contribution in [0.1, 0.15) is 11.1 Å². The van der Waals surface area contributed by atoms with Crippen LogP contribution in [0.5, 0.6) is 0 Å². The molecule has 0 spiro atoms. The molecule has 2 N–H and O–H groups in total. The van der Waals surface area contributed by atoms with Crippen LogP contribution in [0.3, 0.4) is 0 Å². The summed E-state index contributed by atoms with van der Waals surface area (Å²) in [5, 5.41) is 6.72. The van der Waals surface area contributed by atoms with Crippen molar-refractivity contribution in [2.75, 3.05) is 10.6 Å². The first-order chi connectivity index (χ1) is 9.65. The minimum atomic E-state index is -0.247. The zero-order valence-electron chi connectivity index (χ0n) is 11.1. The molecule has 0 saturated heterocycles. The number of hydrogen-bond donors (Lipinski definition) is 2. The third kappa shape index (κ3) is 2.37. The maximum Gasteiger partial charge on any atom is 0.247 e. The lowest BCUT2D eigenvalue weighted by Gasteiger charge is -2.14. The number of anilines is 2. The second kappa shape index (κ2) is 5.17. The Morgan fingerprint density at radius 2 is 2.05 bits per heavy atom. The van der Waals surface area contributed by atoms with Crippen molar-refractivity contribution < 1.29 is 4.79 Å². The SMILES string of the molecule is Cc1cccc(Cl)c1NC(=O)[C@@H]1Cc2ccccc2N1. The zero-order valence-corrected chi connectivity index (χ0v) is 11.9. The molecule has 0 radical (unpaired) electrons. The lowest BCUT2D eigenvalue weighted by Crippen LogP contribution is -2.33. The Labute approximate surface area is 123 Å². The van der Waals surface area contributed by atoms with E-state index in [9.17, 15) is 4.79 Å². The van der Waals surface area contributed by atoms with Gasteiger partial charge < -0.3 is 10.6 Å². The maximum atomic E-state index is 12.4. The van der Waals surface area contributed by atoms with Crippen molar-refractivity contribution >= 4 is 28.9 Å². The molecule has 2 aromatic carbocycles. The molecule has 0 aliphatic carbocycles. The summed E-state index contributed by atoms with van der Waals surface area (Å²) in [6, 6.07) is 13.3. The van der Waals surface area contributed by atoms with E-state index in [4.69, 9.17) is 11.6 Å². The van der Waals surface area contributed by atoms with E-state index in [0.29, 0.717) is 17.1 Å². The van der Waals surface area contributed by atoms with Crippen LogP contribution in [0, 0.1) is 6.92 Å². The molecule has 102 valence electrons. The molecule has 0 fully saturated rings. The molecular weight excluding hydrogens is 272 g/mol. The molecule has 0 unspecified atom stereocenters. The van der Waals surface area contributed by atoms with Crippen LogP contribution in [-0.4, -0.2) is 11.9 Å². The highest BCUT2D eigenvalue weighted by molar-refractivity contribution is 6.34. The summed E-state index contributed by atoms with van der Waals surface area (Å²) in [5.74, 6) is -0.0580. The van der Waals surface area contributed by atoms with Gasteiger partial charge in [-0.05, 0) is 30.2 Å². The number of carbonyl (C=O) groups excluding carboxylic acids is 1. The van der Waals surface area contributed by atoms with Crippen molar-refractivity contribution in [2.24, 2.45) is 0 Å². The molecule has 3 nitrogen and oxygen atoms in total. The molecule has 0 saturated carbocycles. The first-order valence-corrected chi connectivity index (χ1v) is 6.93. The summed E-state index contributed by atoms with van der Waals surface area (Å²) < 4.78 is 0. The predicted octanol–water partition coefficient (Wildman–Crippen LogP) is 3.62. The average molecular weight is 287 g/mol. The van der Waals surface area contributed by atoms with Gasteiger partial charge in [0.1, 0.15) is 6.04 Å². The number of aryl methyl sites for hydroxylation is 1. The molecule has 0 aromatic heterocycles. The molecule has 2 aromatic rings. The van der Waals surface area contributed by atoms with E-state index in [-0.39, 0.29) is 11.9 Å². The quantitative estimate of drug-likeness (QED) is 0.885. The minimum absolute atomic E-state index is 0.0580. The molecule has 1 amide bonds. The van der Waals surface area contributed by atoms with E-state index in [1.807, 2.05) is 43.3 Å². The Bertz CT molecular complexity index is 624. The van der Waals surface area contributed by atoms with Gasteiger partial charge in [0.25, 0.3) is 0 Å². The largest absolute Gasteiger partial charge is 0.373 e. The number of fused-ring (bicyclic) bond motifs is 1. The molecular formula is C16H15ClN2O. The number of carbonyl (C=O) groups is 1. The van der Waals surface area contributed by atoms with Crippen LogP contribution >= 0.6 is 11.6 Å². The van der Waals surface area contributed by atoms with Crippen molar-refractivity contribution in [1.82, 2.24) is 0 Å². The van der Waals surface area contributed by atoms with E-state index < -0.39 is 0 Å². The highest BCUT2D eigenvalue weighted by atomic mass is 35.5. The van der Waals surface area contributed by atoms with Crippen LogP contribution in [0.25, 0.3) is 0 Å². The normalized spacial score (nSPS) is 16.4. The van der Waals surface area contributed by atoms with Gasteiger partial charge in [-0.25, -0.2) is 0 Å². The number of benzene rings is 2. The van der Waals surface area contributed by atoms with Crippen molar-refractivity contribution in [3.8, 4) is 0 Å². The summed E-state index contributed by atoms with van der Waals surface area (Å²) in [5.41, 5.74) is 3.85. The molecule has 1 heterocycles. The fraction of sp³-hybridized carbons (Fsp3) is 0.188. The maximum absolute atomic E-state index is 12.4. The second-order valence-corrected chi connectivity index (χ2v) is 5.39. The van der Waals surface area contributed by atoms with Gasteiger partial charge in [0.2, 0.25) is 5.91 Å². The van der Waals surface area contributed by atoms with Gasteiger partial charge >= 0.3 is 0 Å². The Morgan fingerprint density at radius 1 is 1.25 bits per heavy atom. The van der Waals surface area contributed by atoms with Crippen LogP contribution in [0.2, 0.25) is 5.02 Å². The molecule has 3 rings (SSSR count). The summed E-state index contributed by atoms with van der Waals surface area (Å²) >= 11 is 6.13. The lowest BCUT2D eigenvalue weighted by atomic mass is 10.1. The van der Waals surface area contributed by atoms with Crippen LogP contribution in [0.4, 0.5) is 11.4 Å². The van der Waals surface area contributed by atoms with Crippen LogP contribution < -0.4 is 10.6 Å². The van der Waals surface area contributed by atoms with Gasteiger partial charge in [0.05, 0.1) is 10.7 Å². The first kappa shape index (κ1) is 13.0.